The van der Waals surface area contributed by atoms with Crippen LogP contribution in [0, 0.1) is 29.0 Å². The maximum Gasteiger partial charge on any atom is 0.315 e. The molecule has 1 spiro atoms. The molecule has 5 aliphatic rings. The summed E-state index contributed by atoms with van der Waals surface area (Å²) in [5.74, 6) is 0.808. The van der Waals surface area contributed by atoms with E-state index in [2.05, 4.69) is 11.8 Å². The minimum absolute atomic E-state index is 0.0275. The summed E-state index contributed by atoms with van der Waals surface area (Å²) in [7, 11) is 0. The van der Waals surface area contributed by atoms with Gasteiger partial charge < -0.3 is 19.3 Å². The van der Waals surface area contributed by atoms with E-state index in [4.69, 9.17) is 9.47 Å². The molecule has 3 saturated heterocycles. The number of quaternary nitrogens is 1. The van der Waals surface area contributed by atoms with Crippen molar-refractivity contribution in [2.45, 2.75) is 50.7 Å². The van der Waals surface area contributed by atoms with Gasteiger partial charge in [-0.05, 0) is 67.7 Å². The Labute approximate surface area is 183 Å². The number of hydrogen-bond donors (Lipinski definition) is 1. The van der Waals surface area contributed by atoms with Gasteiger partial charge in [0.25, 0.3) is 0 Å². The molecular formula is C25H34FN2O3+. The van der Waals surface area contributed by atoms with E-state index >= 15 is 0 Å². The summed E-state index contributed by atoms with van der Waals surface area (Å²) in [5.41, 5.74) is 1.46. The summed E-state index contributed by atoms with van der Waals surface area (Å²) < 4.78 is 25.2. The topological polar surface area (TPSA) is 46.5 Å². The molecule has 1 N–H and O–H groups in total. The number of ether oxygens (including phenoxy) is 2. The molecule has 0 bridgehead atoms. The Bertz CT molecular complexity index is 849. The van der Waals surface area contributed by atoms with Crippen LogP contribution in [-0.4, -0.2) is 57.0 Å². The fraction of sp³-hybridized carbons (Fsp3) is 0.720. The number of nitrogens with one attached hydrogen (secondary N) is 1. The molecule has 5 fully saturated rings. The van der Waals surface area contributed by atoms with Gasteiger partial charge in [0, 0.05) is 11.6 Å². The number of benzene rings is 1. The number of carbonyl (C=O) groups excluding carboxylic acids is 1. The molecule has 6 heteroatoms. The van der Waals surface area contributed by atoms with Crippen molar-refractivity contribution in [3.63, 3.8) is 0 Å². The fourth-order valence-electron chi connectivity index (χ4n) is 7.44. The van der Waals surface area contributed by atoms with Crippen LogP contribution in [0.2, 0.25) is 0 Å². The van der Waals surface area contributed by atoms with Crippen LogP contribution in [0.25, 0.3) is 0 Å². The summed E-state index contributed by atoms with van der Waals surface area (Å²) in [5, 5.41) is 0. The molecule has 0 unspecified atom stereocenters. The van der Waals surface area contributed by atoms with Crippen LogP contribution in [0.4, 0.5) is 10.1 Å². The van der Waals surface area contributed by atoms with Gasteiger partial charge in [0.15, 0.2) is 0 Å². The summed E-state index contributed by atoms with van der Waals surface area (Å²) in [6.07, 6.45) is 5.89. The predicted molar refractivity (Wildman–Crippen MR) is 114 cm³/mol. The Morgan fingerprint density at radius 1 is 1.19 bits per heavy atom. The third-order valence-electron chi connectivity index (χ3n) is 9.25. The van der Waals surface area contributed by atoms with Crippen molar-refractivity contribution in [3.8, 4) is 0 Å². The monoisotopic (exact) mass is 429 g/mol. The second-order valence-corrected chi connectivity index (χ2v) is 11.0. The second-order valence-electron chi connectivity index (χ2n) is 11.0. The lowest BCUT2D eigenvalue weighted by Gasteiger charge is -2.51. The van der Waals surface area contributed by atoms with Gasteiger partial charge in [-0.15, -0.1) is 0 Å². The van der Waals surface area contributed by atoms with E-state index in [9.17, 15) is 9.18 Å². The first-order valence-corrected chi connectivity index (χ1v) is 12.1. The zero-order chi connectivity index (χ0) is 21.2. The van der Waals surface area contributed by atoms with Crippen molar-refractivity contribution in [2.24, 2.45) is 23.2 Å². The fourth-order valence-corrected chi connectivity index (χ4v) is 7.44. The average molecular weight is 430 g/mol. The van der Waals surface area contributed by atoms with E-state index in [1.165, 1.54) is 36.3 Å². The number of epoxide rings is 1. The standard InChI is InChI=1S/C25H33FN2O3/c1-24-7-2-8-25(16-30-25)22(24)13-19-20(23(29)31-21(19)14-24)15-27-9-11-28(12-10-27)18-5-3-17(26)4-6-18/h3-6,19-22H,2,7-16H2,1H3/p+1/t19-,20-,21-,22-,24-,25+/m1/s1. The van der Waals surface area contributed by atoms with Crippen LogP contribution >= 0.6 is 0 Å². The van der Waals surface area contributed by atoms with Crippen molar-refractivity contribution >= 4 is 11.7 Å². The minimum atomic E-state index is -0.192. The molecule has 3 aliphatic heterocycles. The molecule has 6 rings (SSSR count). The minimum Gasteiger partial charge on any atom is -0.462 e. The molecule has 0 amide bonds. The molecule has 6 atom stereocenters. The van der Waals surface area contributed by atoms with Gasteiger partial charge in [0.2, 0.25) is 0 Å². The highest BCUT2D eigenvalue weighted by molar-refractivity contribution is 5.75. The molecule has 1 aromatic rings. The summed E-state index contributed by atoms with van der Waals surface area (Å²) in [6.45, 7) is 8.11. The Morgan fingerprint density at radius 2 is 1.94 bits per heavy atom. The van der Waals surface area contributed by atoms with Gasteiger partial charge in [0.1, 0.15) is 17.8 Å². The highest BCUT2D eigenvalue weighted by atomic mass is 19.1. The van der Waals surface area contributed by atoms with Crippen LogP contribution in [0.5, 0.6) is 0 Å². The first-order valence-electron chi connectivity index (χ1n) is 12.1. The lowest BCUT2D eigenvalue weighted by molar-refractivity contribution is -0.903. The molecule has 2 saturated carbocycles. The van der Waals surface area contributed by atoms with Gasteiger partial charge in [-0.3, -0.25) is 4.79 Å². The van der Waals surface area contributed by atoms with Crippen molar-refractivity contribution < 1.29 is 23.6 Å². The summed E-state index contributed by atoms with van der Waals surface area (Å²) >= 11 is 0. The molecule has 1 aromatic carbocycles. The van der Waals surface area contributed by atoms with E-state index in [1.807, 2.05) is 12.1 Å². The Hall–Kier alpha value is -1.66. The normalized spacial score (nSPS) is 42.3. The zero-order valence-corrected chi connectivity index (χ0v) is 18.4. The van der Waals surface area contributed by atoms with Crippen LogP contribution in [0.3, 0.4) is 0 Å². The smallest absolute Gasteiger partial charge is 0.315 e. The number of fused-ring (bicyclic) bond motifs is 3. The Balaban J connectivity index is 1.11. The number of hydrogen-bond acceptors (Lipinski definition) is 4. The second kappa shape index (κ2) is 7.17. The Morgan fingerprint density at radius 3 is 2.65 bits per heavy atom. The number of halogens is 1. The number of nitrogens with zero attached hydrogens (tertiary/aromatic N) is 1. The maximum absolute atomic E-state index is 13.2. The van der Waals surface area contributed by atoms with Crippen molar-refractivity contribution in [1.82, 2.24) is 0 Å². The quantitative estimate of drug-likeness (QED) is 0.590. The highest BCUT2D eigenvalue weighted by Gasteiger charge is 2.65. The van der Waals surface area contributed by atoms with Crippen molar-refractivity contribution in [2.75, 3.05) is 44.2 Å². The van der Waals surface area contributed by atoms with Crippen LogP contribution in [0.1, 0.15) is 39.0 Å². The summed E-state index contributed by atoms with van der Waals surface area (Å²) in [6, 6.07) is 6.78. The van der Waals surface area contributed by atoms with Crippen LogP contribution in [-0.2, 0) is 14.3 Å². The van der Waals surface area contributed by atoms with E-state index < -0.39 is 0 Å². The van der Waals surface area contributed by atoms with E-state index in [1.54, 1.807) is 0 Å². The van der Waals surface area contributed by atoms with Crippen LogP contribution in [0.15, 0.2) is 24.3 Å². The number of anilines is 1. The van der Waals surface area contributed by atoms with Crippen molar-refractivity contribution in [3.05, 3.63) is 30.1 Å². The molecule has 3 heterocycles. The first kappa shape index (κ1) is 20.0. The van der Waals surface area contributed by atoms with Gasteiger partial charge in [0.05, 0.1) is 44.9 Å². The van der Waals surface area contributed by atoms with Crippen LogP contribution < -0.4 is 9.80 Å². The van der Waals surface area contributed by atoms with E-state index in [0.717, 1.165) is 57.9 Å². The van der Waals surface area contributed by atoms with Crippen molar-refractivity contribution in [1.29, 1.82) is 0 Å². The van der Waals surface area contributed by atoms with Gasteiger partial charge >= 0.3 is 5.97 Å². The van der Waals surface area contributed by atoms with E-state index in [0.29, 0.717) is 11.8 Å². The molecule has 2 aliphatic carbocycles. The number of piperazine rings is 1. The largest absolute Gasteiger partial charge is 0.462 e. The van der Waals surface area contributed by atoms with E-state index in [-0.39, 0.29) is 34.8 Å². The molecule has 5 nitrogen and oxygen atoms in total. The first-order chi connectivity index (χ1) is 15.0. The molecule has 0 aromatic heterocycles. The summed E-state index contributed by atoms with van der Waals surface area (Å²) in [4.78, 5) is 16.7. The average Bonchev–Trinajstić information content (AvgIpc) is 3.46. The van der Waals surface area contributed by atoms with Gasteiger partial charge in [-0.1, -0.05) is 6.92 Å². The van der Waals surface area contributed by atoms with Gasteiger partial charge in [-0.2, -0.15) is 0 Å². The third kappa shape index (κ3) is 3.37. The number of rotatable bonds is 3. The lowest BCUT2D eigenvalue weighted by atomic mass is 9.53. The maximum atomic E-state index is 13.2. The highest BCUT2D eigenvalue weighted by Crippen LogP contribution is 2.62. The third-order valence-corrected chi connectivity index (χ3v) is 9.25. The lowest BCUT2D eigenvalue weighted by Crippen LogP contribution is -3.15. The molecule has 0 radical (unpaired) electrons. The predicted octanol–water partition coefficient (Wildman–Crippen LogP) is 2.06. The number of esters is 1. The zero-order valence-electron chi connectivity index (χ0n) is 18.4. The molecule has 168 valence electrons. The molecule has 31 heavy (non-hydrogen) atoms. The number of carbonyl (C=O) groups is 1. The molecular weight excluding hydrogens is 395 g/mol. The SMILES string of the molecule is C[C@]12CCC[C@]3(CO3)[C@@H]1C[C@H]1[C@@H](C2)OC(=O)[C@@H]1C[NH+]1CCN(c2ccc(F)cc2)CC1. The van der Waals surface area contributed by atoms with Gasteiger partial charge in [-0.25, -0.2) is 4.39 Å². The Kier molecular flexibility index (Phi) is 4.62.